The van der Waals surface area contributed by atoms with Crippen molar-refractivity contribution < 1.29 is 8.42 Å². The second kappa shape index (κ2) is 8.14. The van der Waals surface area contributed by atoms with Crippen LogP contribution in [0.1, 0.15) is 35.9 Å². The fourth-order valence-corrected chi connectivity index (χ4v) is 5.98. The maximum atomic E-state index is 12.5. The summed E-state index contributed by atoms with van der Waals surface area (Å²) in [6.45, 7) is 2.85. The lowest BCUT2D eigenvalue weighted by Gasteiger charge is -2.14. The summed E-state index contributed by atoms with van der Waals surface area (Å²) in [4.78, 5) is 5.52. The number of hydrogen-bond acceptors (Lipinski definition) is 5. The zero-order valence-electron chi connectivity index (χ0n) is 15.9. The van der Waals surface area contributed by atoms with Crippen molar-refractivity contribution in [1.82, 2.24) is 19.5 Å². The fraction of sp³-hybridized carbons (Fsp3) is 0.400. The van der Waals surface area contributed by atoms with Crippen molar-refractivity contribution in [1.29, 1.82) is 0 Å². The molecule has 0 amide bonds. The molecule has 1 aliphatic carbocycles. The molecule has 1 N–H and O–H groups in total. The molecule has 3 heterocycles. The molecule has 0 bridgehead atoms. The Morgan fingerprint density at radius 1 is 1.18 bits per heavy atom. The fourth-order valence-electron chi connectivity index (χ4n) is 3.61. The molecule has 3 aromatic heterocycles. The van der Waals surface area contributed by atoms with Crippen molar-refractivity contribution in [3.8, 4) is 11.4 Å². The van der Waals surface area contributed by atoms with E-state index in [9.17, 15) is 8.42 Å². The Morgan fingerprint density at radius 3 is 2.79 bits per heavy atom. The van der Waals surface area contributed by atoms with Crippen LogP contribution in [0.2, 0.25) is 0 Å². The molecule has 0 radical (unpaired) electrons. The molecule has 0 saturated carbocycles. The first-order valence-corrected chi connectivity index (χ1v) is 12.0. The van der Waals surface area contributed by atoms with E-state index in [2.05, 4.69) is 9.71 Å². The van der Waals surface area contributed by atoms with Crippen LogP contribution in [0.5, 0.6) is 0 Å². The van der Waals surface area contributed by atoms with Crippen LogP contribution < -0.4 is 4.72 Å². The van der Waals surface area contributed by atoms with Crippen molar-refractivity contribution in [3.63, 3.8) is 0 Å². The predicted octanol–water partition coefficient (Wildman–Crippen LogP) is 3.43. The molecule has 0 spiro atoms. The lowest BCUT2D eigenvalue weighted by molar-refractivity contribution is 0.539. The van der Waals surface area contributed by atoms with Gasteiger partial charge < -0.3 is 0 Å². The van der Waals surface area contributed by atoms with Crippen molar-refractivity contribution in [2.24, 2.45) is 0 Å². The largest absolute Gasteiger partial charge is 0.267 e. The van der Waals surface area contributed by atoms with Gasteiger partial charge in [0.2, 0.25) is 10.0 Å². The van der Waals surface area contributed by atoms with Crippen molar-refractivity contribution in [2.45, 2.75) is 49.8 Å². The van der Waals surface area contributed by atoms with Crippen molar-refractivity contribution in [3.05, 3.63) is 52.7 Å². The number of rotatable bonds is 7. The summed E-state index contributed by atoms with van der Waals surface area (Å²) < 4.78 is 30.1. The summed E-state index contributed by atoms with van der Waals surface area (Å²) in [7, 11) is -3.47. The van der Waals surface area contributed by atoms with Gasteiger partial charge in [-0.1, -0.05) is 13.0 Å². The van der Waals surface area contributed by atoms with E-state index >= 15 is 0 Å². The topological polar surface area (TPSA) is 76.9 Å². The molecule has 0 aliphatic heterocycles. The maximum absolute atomic E-state index is 12.5. The predicted molar refractivity (Wildman–Crippen MR) is 111 cm³/mol. The molecule has 28 heavy (non-hydrogen) atoms. The van der Waals surface area contributed by atoms with Gasteiger partial charge in [-0.2, -0.15) is 5.10 Å². The monoisotopic (exact) mass is 416 g/mol. The van der Waals surface area contributed by atoms with Gasteiger partial charge in [-0.25, -0.2) is 13.1 Å². The highest BCUT2D eigenvalue weighted by Gasteiger charge is 2.23. The Bertz CT molecular complexity index is 1060. The Hall–Kier alpha value is -2.03. The first kappa shape index (κ1) is 19.3. The Kier molecular flexibility index (Phi) is 5.61. The summed E-state index contributed by atoms with van der Waals surface area (Å²) in [6, 6.07) is 9.40. The second-order valence-corrected chi connectivity index (χ2v) is 10.1. The highest BCUT2D eigenvalue weighted by Crippen LogP contribution is 2.30. The van der Waals surface area contributed by atoms with E-state index in [0.717, 1.165) is 48.4 Å². The van der Waals surface area contributed by atoms with E-state index in [4.69, 9.17) is 5.10 Å². The number of aryl methyl sites for hydroxylation is 1. The zero-order chi connectivity index (χ0) is 19.6. The number of pyridine rings is 1. The third-order valence-corrected chi connectivity index (χ3v) is 8.21. The molecule has 0 aromatic carbocycles. The number of sulfonamides is 1. The average Bonchev–Trinajstić information content (AvgIpc) is 3.34. The van der Waals surface area contributed by atoms with Gasteiger partial charge in [-0.3, -0.25) is 9.67 Å². The van der Waals surface area contributed by atoms with E-state index < -0.39 is 10.0 Å². The minimum absolute atomic E-state index is 0.317. The third-order valence-electron chi connectivity index (χ3n) is 5.03. The van der Waals surface area contributed by atoms with Gasteiger partial charge in [-0.15, -0.1) is 11.3 Å². The quantitative estimate of drug-likeness (QED) is 0.640. The molecule has 0 saturated heterocycles. The van der Waals surface area contributed by atoms with Gasteiger partial charge in [0, 0.05) is 28.9 Å². The van der Waals surface area contributed by atoms with Crippen LogP contribution in [0, 0.1) is 0 Å². The van der Waals surface area contributed by atoms with Crippen LogP contribution in [0.15, 0.2) is 40.7 Å². The van der Waals surface area contributed by atoms with Gasteiger partial charge >= 0.3 is 0 Å². The lowest BCUT2D eigenvalue weighted by Crippen LogP contribution is -2.27. The molecule has 6 nitrogen and oxygen atoms in total. The van der Waals surface area contributed by atoms with Crippen LogP contribution >= 0.6 is 11.3 Å². The van der Waals surface area contributed by atoms with Gasteiger partial charge in [0.1, 0.15) is 9.90 Å². The van der Waals surface area contributed by atoms with E-state index in [1.54, 1.807) is 12.3 Å². The molecule has 148 valence electrons. The number of nitrogens with one attached hydrogen (secondary N) is 1. The Morgan fingerprint density at radius 2 is 2.04 bits per heavy atom. The van der Waals surface area contributed by atoms with E-state index in [1.807, 2.05) is 35.9 Å². The summed E-state index contributed by atoms with van der Waals surface area (Å²) >= 11 is 1.33. The van der Waals surface area contributed by atoms with Gasteiger partial charge in [0.15, 0.2) is 0 Å². The number of hydrogen-bond donors (Lipinski definition) is 1. The van der Waals surface area contributed by atoms with Gasteiger partial charge in [0.05, 0.1) is 12.2 Å². The maximum Gasteiger partial charge on any atom is 0.250 e. The normalized spacial score (nSPS) is 14.2. The van der Waals surface area contributed by atoms with Gasteiger partial charge in [-0.05, 0) is 56.4 Å². The first-order valence-electron chi connectivity index (χ1n) is 9.67. The highest BCUT2D eigenvalue weighted by molar-refractivity contribution is 7.91. The lowest BCUT2D eigenvalue weighted by atomic mass is 9.95. The number of thiophene rings is 1. The molecule has 0 atom stereocenters. The molecule has 1 aliphatic rings. The SMILES string of the molecule is CCc1ccc(S(=O)(=O)NCCn2nc(-c3ccccn3)c3c2CCCC3)s1. The smallest absolute Gasteiger partial charge is 0.250 e. The zero-order valence-corrected chi connectivity index (χ0v) is 17.5. The second-order valence-electron chi connectivity index (χ2n) is 6.89. The van der Waals surface area contributed by atoms with Gasteiger partial charge in [0.25, 0.3) is 0 Å². The van der Waals surface area contributed by atoms with Crippen LogP contribution in [0.25, 0.3) is 11.4 Å². The third kappa shape index (κ3) is 3.90. The molecule has 3 aromatic rings. The molecule has 4 rings (SSSR count). The summed E-state index contributed by atoms with van der Waals surface area (Å²) in [6.07, 6.45) is 6.90. The average molecular weight is 417 g/mol. The molecular formula is C20H24N4O2S2. The summed E-state index contributed by atoms with van der Waals surface area (Å²) in [5.41, 5.74) is 4.30. The van der Waals surface area contributed by atoms with Crippen LogP contribution in [0.4, 0.5) is 0 Å². The standard InChI is InChI=1S/C20H24N4O2S2/c1-2-15-10-11-19(27-15)28(25,26)22-13-14-24-18-9-4-3-7-16(18)20(23-24)17-8-5-6-12-21-17/h5-6,8,10-12,22H,2-4,7,9,13-14H2,1H3. The molecule has 8 heteroatoms. The number of nitrogens with zero attached hydrogens (tertiary/aromatic N) is 3. The summed E-state index contributed by atoms with van der Waals surface area (Å²) in [5, 5.41) is 4.79. The highest BCUT2D eigenvalue weighted by atomic mass is 32.2. The van der Waals surface area contributed by atoms with Crippen molar-refractivity contribution >= 4 is 21.4 Å². The van der Waals surface area contributed by atoms with Crippen LogP contribution in [-0.2, 0) is 35.8 Å². The Balaban J connectivity index is 1.51. The molecule has 0 unspecified atom stereocenters. The van der Waals surface area contributed by atoms with Crippen LogP contribution in [-0.4, -0.2) is 29.7 Å². The summed E-state index contributed by atoms with van der Waals surface area (Å²) in [5.74, 6) is 0. The van der Waals surface area contributed by atoms with Crippen LogP contribution in [0.3, 0.4) is 0 Å². The Labute approximate surface area is 169 Å². The van der Waals surface area contributed by atoms with E-state index in [-0.39, 0.29) is 0 Å². The number of fused-ring (bicyclic) bond motifs is 1. The minimum Gasteiger partial charge on any atom is -0.267 e. The van der Waals surface area contributed by atoms with E-state index in [0.29, 0.717) is 17.3 Å². The molecule has 0 fully saturated rings. The number of aromatic nitrogens is 3. The van der Waals surface area contributed by atoms with Crippen molar-refractivity contribution in [2.75, 3.05) is 6.54 Å². The minimum atomic E-state index is -3.47. The molecular weight excluding hydrogens is 392 g/mol. The van der Waals surface area contributed by atoms with E-state index in [1.165, 1.54) is 22.6 Å². The first-order chi connectivity index (χ1) is 13.6.